The minimum Gasteiger partial charge on any atom is -0.358 e. The maximum atomic E-state index is 12.6. The lowest BCUT2D eigenvalue weighted by Gasteiger charge is -2.33. The van der Waals surface area contributed by atoms with Crippen molar-refractivity contribution in [1.29, 1.82) is 0 Å². The monoisotopic (exact) mass is 475 g/mol. The van der Waals surface area contributed by atoms with Crippen molar-refractivity contribution >= 4 is 37.7 Å². The number of piperazine rings is 1. The Morgan fingerprint density at radius 2 is 1.96 bits per heavy atom. The first kappa shape index (κ1) is 20.4. The van der Waals surface area contributed by atoms with Crippen LogP contribution in [0.4, 0.5) is 5.82 Å². The molecule has 2 aromatic rings. The Morgan fingerprint density at radius 1 is 1.29 bits per heavy atom. The average Bonchev–Trinajstić information content (AvgIpc) is 3.26. The van der Waals surface area contributed by atoms with Gasteiger partial charge in [-0.2, -0.15) is 14.1 Å². The van der Waals surface area contributed by atoms with Gasteiger partial charge in [0.1, 0.15) is 9.37 Å². The minimum absolute atomic E-state index is 0.112. The lowest BCUT2D eigenvalue weighted by molar-refractivity contribution is -0.390. The minimum atomic E-state index is -3.63. The number of rotatable bonds is 6. The summed E-state index contributed by atoms with van der Waals surface area (Å²) in [6.45, 7) is 1.14. The smallest absolute Gasteiger partial charge is 0.358 e. The van der Waals surface area contributed by atoms with E-state index in [0.717, 1.165) is 0 Å². The second-order valence-electron chi connectivity index (χ2n) is 6.21. The Kier molecular flexibility index (Phi) is 5.81. The number of nitro groups is 1. The third kappa shape index (κ3) is 4.23. The van der Waals surface area contributed by atoms with Crippen LogP contribution < -0.4 is 0 Å². The number of amides is 1. The molecule has 0 saturated carbocycles. The molecule has 1 aliphatic rings. The molecule has 12 nitrogen and oxygen atoms in total. The molecule has 0 aliphatic carbocycles. The molecule has 0 N–H and O–H groups in total. The van der Waals surface area contributed by atoms with E-state index < -0.39 is 14.9 Å². The molecule has 14 heteroatoms. The van der Waals surface area contributed by atoms with E-state index in [1.165, 1.54) is 32.3 Å². The molecule has 152 valence electrons. The zero-order valence-electron chi connectivity index (χ0n) is 14.9. The first-order chi connectivity index (χ1) is 13.2. The van der Waals surface area contributed by atoms with Gasteiger partial charge in [-0.1, -0.05) is 0 Å². The fourth-order valence-electron chi connectivity index (χ4n) is 2.85. The van der Waals surface area contributed by atoms with Crippen molar-refractivity contribution in [3.8, 4) is 0 Å². The fourth-order valence-corrected chi connectivity index (χ4v) is 4.72. The van der Waals surface area contributed by atoms with Gasteiger partial charge in [0.25, 0.3) is 0 Å². The van der Waals surface area contributed by atoms with Gasteiger partial charge in [-0.05, 0) is 20.9 Å². The fraction of sp³-hybridized carbons (Fsp3) is 0.500. The third-order valence-corrected chi connectivity index (χ3v) is 6.75. The highest BCUT2D eigenvalue weighted by molar-refractivity contribution is 9.10. The van der Waals surface area contributed by atoms with E-state index >= 15 is 0 Å². The van der Waals surface area contributed by atoms with Crippen LogP contribution >= 0.6 is 15.9 Å². The molecule has 3 heterocycles. The van der Waals surface area contributed by atoms with Crippen molar-refractivity contribution in [2.45, 2.75) is 17.9 Å². The maximum absolute atomic E-state index is 12.6. The summed E-state index contributed by atoms with van der Waals surface area (Å²) in [6.07, 6.45) is 4.30. The summed E-state index contributed by atoms with van der Waals surface area (Å²) in [7, 11) is -1.99. The molecule has 0 radical (unpaired) electrons. The van der Waals surface area contributed by atoms with Gasteiger partial charge in [0.2, 0.25) is 15.9 Å². The van der Waals surface area contributed by atoms with Crippen LogP contribution in [0.2, 0.25) is 0 Å². The number of halogens is 1. The van der Waals surface area contributed by atoms with Gasteiger partial charge in [-0.3, -0.25) is 9.48 Å². The summed E-state index contributed by atoms with van der Waals surface area (Å²) >= 11 is 3.06. The number of nitrogens with zero attached hydrogens (tertiary/aromatic N) is 7. The van der Waals surface area contributed by atoms with E-state index in [-0.39, 0.29) is 60.2 Å². The molecule has 0 atom stereocenters. The zero-order valence-corrected chi connectivity index (χ0v) is 17.3. The van der Waals surface area contributed by atoms with Gasteiger partial charge in [-0.25, -0.2) is 8.42 Å². The van der Waals surface area contributed by atoms with Crippen molar-refractivity contribution in [3.05, 3.63) is 33.2 Å². The number of aromatic nitrogens is 4. The van der Waals surface area contributed by atoms with Crippen molar-refractivity contribution in [2.24, 2.45) is 7.05 Å². The topological polar surface area (TPSA) is 136 Å². The summed E-state index contributed by atoms with van der Waals surface area (Å²) in [4.78, 5) is 24.3. The molecule has 0 aromatic carbocycles. The molecule has 1 saturated heterocycles. The Morgan fingerprint density at radius 3 is 2.50 bits per heavy atom. The summed E-state index contributed by atoms with van der Waals surface area (Å²) in [5.74, 6) is -0.464. The largest absolute Gasteiger partial charge is 0.404 e. The molecule has 1 amide bonds. The predicted octanol–water partition coefficient (Wildman–Crippen LogP) is 0.211. The summed E-state index contributed by atoms with van der Waals surface area (Å²) < 4.78 is 29.5. The van der Waals surface area contributed by atoms with Gasteiger partial charge in [0.05, 0.1) is 24.0 Å². The van der Waals surface area contributed by atoms with Gasteiger partial charge >= 0.3 is 5.82 Å². The Bertz CT molecular complexity index is 994. The maximum Gasteiger partial charge on any atom is 0.404 e. The first-order valence-corrected chi connectivity index (χ1v) is 10.6. The molecule has 0 bridgehead atoms. The molecule has 0 spiro atoms. The van der Waals surface area contributed by atoms with Crippen LogP contribution in [0.5, 0.6) is 0 Å². The van der Waals surface area contributed by atoms with Gasteiger partial charge in [-0.15, -0.1) is 0 Å². The van der Waals surface area contributed by atoms with Crippen LogP contribution in [0.1, 0.15) is 6.42 Å². The molecular formula is C14H18BrN7O5S. The second-order valence-corrected chi connectivity index (χ2v) is 9.00. The number of sulfonamides is 1. The van der Waals surface area contributed by atoms with Crippen LogP contribution in [-0.2, 0) is 28.4 Å². The number of aryl methyl sites for hydroxylation is 2. The predicted molar refractivity (Wildman–Crippen MR) is 99.7 cm³/mol. The summed E-state index contributed by atoms with van der Waals surface area (Å²) in [5, 5.41) is 18.5. The van der Waals surface area contributed by atoms with Crippen molar-refractivity contribution in [3.63, 3.8) is 0 Å². The van der Waals surface area contributed by atoms with Crippen LogP contribution in [0.3, 0.4) is 0 Å². The van der Waals surface area contributed by atoms with Crippen LogP contribution in [0, 0.1) is 10.1 Å². The third-order valence-electron chi connectivity index (χ3n) is 4.34. The summed E-state index contributed by atoms with van der Waals surface area (Å²) in [6, 6.07) is 0. The molecule has 28 heavy (non-hydrogen) atoms. The van der Waals surface area contributed by atoms with E-state index in [9.17, 15) is 23.3 Å². The van der Waals surface area contributed by atoms with E-state index in [1.807, 2.05) is 0 Å². The van der Waals surface area contributed by atoms with Crippen LogP contribution in [0.25, 0.3) is 0 Å². The molecule has 1 aliphatic heterocycles. The van der Waals surface area contributed by atoms with Crippen LogP contribution in [0.15, 0.2) is 28.0 Å². The van der Waals surface area contributed by atoms with Gasteiger partial charge in [0, 0.05) is 45.8 Å². The summed E-state index contributed by atoms with van der Waals surface area (Å²) in [5.41, 5.74) is 0. The Labute approximate surface area is 169 Å². The van der Waals surface area contributed by atoms with Gasteiger partial charge < -0.3 is 15.0 Å². The highest BCUT2D eigenvalue weighted by atomic mass is 79.9. The Balaban J connectivity index is 1.54. The van der Waals surface area contributed by atoms with E-state index in [4.69, 9.17) is 0 Å². The number of carbonyl (C=O) groups is 1. The van der Waals surface area contributed by atoms with E-state index in [2.05, 4.69) is 26.1 Å². The quantitative estimate of drug-likeness (QED) is 0.429. The molecule has 0 unspecified atom stereocenters. The second kappa shape index (κ2) is 7.97. The first-order valence-electron chi connectivity index (χ1n) is 8.32. The normalized spacial score (nSPS) is 15.7. The van der Waals surface area contributed by atoms with Crippen molar-refractivity contribution in [1.82, 2.24) is 28.8 Å². The number of hydrogen-bond donors (Lipinski definition) is 0. The van der Waals surface area contributed by atoms with Crippen LogP contribution in [-0.4, -0.2) is 74.2 Å². The highest BCUT2D eigenvalue weighted by Gasteiger charge is 2.31. The average molecular weight is 476 g/mol. The van der Waals surface area contributed by atoms with E-state index in [0.29, 0.717) is 0 Å². The van der Waals surface area contributed by atoms with Gasteiger partial charge in [0.15, 0.2) is 0 Å². The molecule has 1 fully saturated rings. The molecule has 2 aromatic heterocycles. The van der Waals surface area contributed by atoms with Crippen molar-refractivity contribution in [2.75, 3.05) is 26.2 Å². The zero-order chi connectivity index (χ0) is 20.5. The number of carbonyl (C=O) groups excluding carboxylic acids is 1. The van der Waals surface area contributed by atoms with E-state index in [1.54, 1.807) is 11.9 Å². The standard InChI is InChI=1S/C14H18BrN7O5S/c1-18-9-11(8-16-18)28(26,27)21-6-4-19(5-7-21)13(23)2-3-20-10-12(15)14(17-20)22(24)25/h8-10H,2-7H2,1H3. The SMILES string of the molecule is Cn1cc(S(=O)(=O)N2CCN(C(=O)CCn3cc(Br)c([N+](=O)[O-])n3)CC2)cn1. The lowest BCUT2D eigenvalue weighted by Crippen LogP contribution is -2.50. The Hall–Kier alpha value is -2.32. The number of hydrogen-bond acceptors (Lipinski definition) is 7. The lowest BCUT2D eigenvalue weighted by atomic mass is 10.3. The molecule has 3 rings (SSSR count). The molecular weight excluding hydrogens is 458 g/mol. The highest BCUT2D eigenvalue weighted by Crippen LogP contribution is 2.22. The van der Waals surface area contributed by atoms with Crippen molar-refractivity contribution < 1.29 is 18.1 Å².